The van der Waals surface area contributed by atoms with Crippen molar-refractivity contribution in [1.82, 2.24) is 5.32 Å². The van der Waals surface area contributed by atoms with Gasteiger partial charge in [0, 0.05) is 6.54 Å². The topological polar surface area (TPSA) is 76.7 Å². The van der Waals surface area contributed by atoms with E-state index < -0.39 is 11.1 Å². The van der Waals surface area contributed by atoms with Crippen LogP contribution >= 0.6 is 0 Å². The third-order valence-corrected chi connectivity index (χ3v) is 3.32. The zero-order chi connectivity index (χ0) is 17.3. The molecule has 0 aromatic heterocycles. The van der Waals surface area contributed by atoms with E-state index >= 15 is 0 Å². The average molecular weight is 320 g/mol. The van der Waals surface area contributed by atoms with Gasteiger partial charge in [0.2, 0.25) is 0 Å². The minimum atomic E-state index is -0.817. The molecule has 1 aromatic rings. The summed E-state index contributed by atoms with van der Waals surface area (Å²) in [6.07, 6.45) is 0. The van der Waals surface area contributed by atoms with Gasteiger partial charge in [-0.25, -0.2) is 0 Å². The van der Waals surface area contributed by atoms with Crippen molar-refractivity contribution in [3.05, 3.63) is 23.8 Å². The molecule has 0 atom stereocenters. The van der Waals surface area contributed by atoms with Crippen molar-refractivity contribution in [2.75, 3.05) is 11.9 Å². The maximum atomic E-state index is 12.2. The smallest absolute Gasteiger partial charge is 0.326 e. The maximum absolute atomic E-state index is 12.2. The van der Waals surface area contributed by atoms with Gasteiger partial charge in [-0.1, -0.05) is 6.07 Å². The zero-order valence-corrected chi connectivity index (χ0v) is 14.3. The van der Waals surface area contributed by atoms with E-state index in [1.54, 1.807) is 13.8 Å². The molecule has 0 aliphatic carbocycles. The molecule has 0 spiro atoms. The zero-order valence-electron chi connectivity index (χ0n) is 14.3. The molecule has 0 bridgehead atoms. The number of benzene rings is 1. The first-order valence-corrected chi connectivity index (χ1v) is 7.61. The van der Waals surface area contributed by atoms with E-state index in [1.807, 2.05) is 39.0 Å². The molecule has 0 radical (unpaired) electrons. The van der Waals surface area contributed by atoms with Crippen molar-refractivity contribution in [2.45, 2.75) is 52.3 Å². The van der Waals surface area contributed by atoms with E-state index in [0.29, 0.717) is 18.0 Å². The van der Waals surface area contributed by atoms with Gasteiger partial charge in [0.05, 0.1) is 5.69 Å². The van der Waals surface area contributed by atoms with Crippen molar-refractivity contribution in [3.8, 4) is 5.75 Å². The third-order valence-electron chi connectivity index (χ3n) is 3.32. The molecule has 0 fully saturated rings. The highest BCUT2D eigenvalue weighted by Gasteiger charge is 2.32. The van der Waals surface area contributed by atoms with Gasteiger partial charge in [0.25, 0.3) is 5.91 Å². The monoisotopic (exact) mass is 320 g/mol. The van der Waals surface area contributed by atoms with E-state index in [-0.39, 0.29) is 18.5 Å². The number of amides is 1. The summed E-state index contributed by atoms with van der Waals surface area (Å²) in [6, 6.07) is 5.55. The van der Waals surface area contributed by atoms with Crippen LogP contribution in [0.1, 0.15) is 40.2 Å². The van der Waals surface area contributed by atoms with Crippen LogP contribution in [0.3, 0.4) is 0 Å². The lowest BCUT2D eigenvalue weighted by Crippen LogP contribution is -2.49. The number of rotatable bonds is 4. The number of nitrogens with one attached hydrogen (secondary N) is 2. The molecule has 6 nitrogen and oxygen atoms in total. The van der Waals surface area contributed by atoms with Gasteiger partial charge < -0.3 is 14.8 Å². The van der Waals surface area contributed by atoms with Crippen LogP contribution in [-0.2, 0) is 20.9 Å². The van der Waals surface area contributed by atoms with E-state index in [1.165, 1.54) is 0 Å². The van der Waals surface area contributed by atoms with Gasteiger partial charge >= 0.3 is 5.97 Å². The van der Waals surface area contributed by atoms with Crippen LogP contribution in [0.2, 0.25) is 0 Å². The van der Waals surface area contributed by atoms with Crippen molar-refractivity contribution in [2.24, 2.45) is 0 Å². The third kappa shape index (κ3) is 4.69. The number of hydrogen-bond donors (Lipinski definition) is 2. The number of ether oxygens (including phenoxy) is 2. The van der Waals surface area contributed by atoms with Crippen LogP contribution in [0, 0.1) is 0 Å². The van der Waals surface area contributed by atoms with E-state index in [4.69, 9.17) is 9.47 Å². The highest BCUT2D eigenvalue weighted by molar-refractivity contribution is 5.95. The highest BCUT2D eigenvalue weighted by atomic mass is 16.6. The Morgan fingerprint density at radius 1 is 1.30 bits per heavy atom. The molecular formula is C17H24N2O4. The quantitative estimate of drug-likeness (QED) is 0.832. The first kappa shape index (κ1) is 17.3. The number of hydrogen-bond acceptors (Lipinski definition) is 5. The van der Waals surface area contributed by atoms with Crippen LogP contribution in [0.5, 0.6) is 5.75 Å². The lowest BCUT2D eigenvalue weighted by atomic mass is 10.0. The maximum Gasteiger partial charge on any atom is 0.326 e. The Morgan fingerprint density at radius 3 is 2.65 bits per heavy atom. The van der Waals surface area contributed by atoms with E-state index in [2.05, 4.69) is 10.6 Å². The molecule has 1 amide bonds. The predicted octanol–water partition coefficient (Wildman–Crippen LogP) is 2.23. The first-order chi connectivity index (χ1) is 10.6. The summed E-state index contributed by atoms with van der Waals surface area (Å²) >= 11 is 0. The van der Waals surface area contributed by atoms with Crippen molar-refractivity contribution in [3.63, 3.8) is 0 Å². The molecule has 2 rings (SSSR count). The molecule has 1 aromatic carbocycles. The van der Waals surface area contributed by atoms with Gasteiger partial charge in [0.15, 0.2) is 6.61 Å². The molecule has 0 saturated heterocycles. The van der Waals surface area contributed by atoms with Gasteiger partial charge in [-0.2, -0.15) is 0 Å². The summed E-state index contributed by atoms with van der Waals surface area (Å²) in [5.41, 5.74) is 0.244. The molecule has 23 heavy (non-hydrogen) atoms. The molecule has 6 heteroatoms. The summed E-state index contributed by atoms with van der Waals surface area (Å²) in [5, 5.41) is 5.96. The summed E-state index contributed by atoms with van der Waals surface area (Å²) in [5.74, 6) is 0.177. The SMILES string of the molecule is CC(C)(C)OC(=O)C(C)(C)NCc1ccc2c(c1)NC(=O)CO2. The Balaban J connectivity index is 2.01. The Morgan fingerprint density at radius 2 is 2.00 bits per heavy atom. The van der Waals surface area contributed by atoms with Crippen LogP contribution in [0.4, 0.5) is 5.69 Å². The number of fused-ring (bicyclic) bond motifs is 1. The second-order valence-electron chi connectivity index (χ2n) is 7.15. The van der Waals surface area contributed by atoms with Crippen molar-refractivity contribution < 1.29 is 19.1 Å². The van der Waals surface area contributed by atoms with Gasteiger partial charge in [0.1, 0.15) is 16.9 Å². The van der Waals surface area contributed by atoms with Crippen molar-refractivity contribution in [1.29, 1.82) is 0 Å². The normalized spacial score (nSPS) is 14.6. The van der Waals surface area contributed by atoms with Gasteiger partial charge in [-0.05, 0) is 52.3 Å². The summed E-state index contributed by atoms with van der Waals surface area (Å²) in [7, 11) is 0. The Bertz CT molecular complexity index is 618. The average Bonchev–Trinajstić information content (AvgIpc) is 2.43. The molecule has 0 saturated carbocycles. The standard InChI is InChI=1S/C17H24N2O4/c1-16(2,3)23-15(21)17(4,5)18-9-11-6-7-13-12(8-11)19-14(20)10-22-13/h6-8,18H,9-10H2,1-5H3,(H,19,20). The van der Waals surface area contributed by atoms with Gasteiger partial charge in [-0.15, -0.1) is 0 Å². The van der Waals surface area contributed by atoms with Crippen LogP contribution in [0.15, 0.2) is 18.2 Å². The van der Waals surface area contributed by atoms with E-state index in [9.17, 15) is 9.59 Å². The molecule has 1 heterocycles. The summed E-state index contributed by atoms with van der Waals surface area (Å²) in [6.45, 7) is 9.59. The second kappa shape index (κ2) is 6.20. The number of carbonyl (C=O) groups excluding carboxylic acids is 2. The van der Waals surface area contributed by atoms with E-state index in [0.717, 1.165) is 5.56 Å². The fraction of sp³-hybridized carbons (Fsp3) is 0.529. The van der Waals surface area contributed by atoms with Gasteiger partial charge in [-0.3, -0.25) is 14.9 Å². The van der Waals surface area contributed by atoms with Crippen LogP contribution < -0.4 is 15.4 Å². The predicted molar refractivity (Wildman–Crippen MR) is 87.3 cm³/mol. The summed E-state index contributed by atoms with van der Waals surface area (Å²) < 4.78 is 10.7. The lowest BCUT2D eigenvalue weighted by molar-refractivity contribution is -0.161. The van der Waals surface area contributed by atoms with Crippen LogP contribution in [0.25, 0.3) is 0 Å². The van der Waals surface area contributed by atoms with Crippen molar-refractivity contribution >= 4 is 17.6 Å². The lowest BCUT2D eigenvalue weighted by Gasteiger charge is -2.29. The number of esters is 1. The highest BCUT2D eigenvalue weighted by Crippen LogP contribution is 2.28. The number of carbonyl (C=O) groups is 2. The Hall–Kier alpha value is -2.08. The largest absolute Gasteiger partial charge is 0.482 e. The van der Waals surface area contributed by atoms with Crippen LogP contribution in [-0.4, -0.2) is 29.6 Å². The minimum absolute atomic E-state index is 0.0380. The Kier molecular flexibility index (Phi) is 4.66. The first-order valence-electron chi connectivity index (χ1n) is 7.61. The fourth-order valence-electron chi connectivity index (χ4n) is 2.04. The number of anilines is 1. The Labute approximate surface area is 136 Å². The fourth-order valence-corrected chi connectivity index (χ4v) is 2.04. The molecule has 2 N–H and O–H groups in total. The molecule has 0 unspecified atom stereocenters. The molecular weight excluding hydrogens is 296 g/mol. The summed E-state index contributed by atoms with van der Waals surface area (Å²) in [4.78, 5) is 23.6. The minimum Gasteiger partial charge on any atom is -0.482 e. The molecule has 126 valence electrons. The molecule has 1 aliphatic rings. The second-order valence-corrected chi connectivity index (χ2v) is 7.15. The molecule has 1 aliphatic heterocycles.